The van der Waals surface area contributed by atoms with Crippen LogP contribution in [0.4, 0.5) is 0 Å². The molecule has 3 rings (SSSR count). The molecule has 0 atom stereocenters. The van der Waals surface area contributed by atoms with Gasteiger partial charge in [-0.3, -0.25) is 4.90 Å². The summed E-state index contributed by atoms with van der Waals surface area (Å²) in [6.07, 6.45) is 3.54. The number of thiophene rings is 1. The van der Waals surface area contributed by atoms with Gasteiger partial charge >= 0.3 is 0 Å². The monoisotopic (exact) mass is 275 g/mol. The molecule has 19 heavy (non-hydrogen) atoms. The summed E-state index contributed by atoms with van der Waals surface area (Å²) in [5.74, 6) is 0.739. The van der Waals surface area contributed by atoms with Crippen LogP contribution >= 0.6 is 11.3 Å². The molecule has 0 aromatic carbocycles. The van der Waals surface area contributed by atoms with Gasteiger partial charge in [-0.15, -0.1) is 11.3 Å². The maximum Gasteiger partial charge on any atom is 0.219 e. The van der Waals surface area contributed by atoms with Gasteiger partial charge in [-0.05, 0) is 17.9 Å². The molecule has 0 amide bonds. The molecule has 0 saturated carbocycles. The van der Waals surface area contributed by atoms with Gasteiger partial charge in [-0.2, -0.15) is 0 Å². The minimum Gasteiger partial charge on any atom is -0.481 e. The maximum atomic E-state index is 5.34. The summed E-state index contributed by atoms with van der Waals surface area (Å²) in [6.45, 7) is 3.11. The normalized spacial score (nSPS) is 15.8. The highest BCUT2D eigenvalue weighted by Crippen LogP contribution is 2.23. The van der Waals surface area contributed by atoms with Crippen molar-refractivity contribution in [1.82, 2.24) is 14.9 Å². The van der Waals surface area contributed by atoms with Gasteiger partial charge in [0.2, 0.25) is 5.88 Å². The van der Waals surface area contributed by atoms with Gasteiger partial charge in [0.25, 0.3) is 0 Å². The van der Waals surface area contributed by atoms with Crippen molar-refractivity contribution in [3.8, 4) is 5.88 Å². The Morgan fingerprint density at radius 2 is 2.21 bits per heavy atom. The molecule has 5 heteroatoms. The lowest BCUT2D eigenvalue weighted by Gasteiger charge is -2.18. The van der Waals surface area contributed by atoms with E-state index in [1.165, 1.54) is 10.4 Å². The number of ether oxygens (including phenoxy) is 1. The van der Waals surface area contributed by atoms with E-state index in [-0.39, 0.29) is 0 Å². The molecule has 0 N–H and O–H groups in total. The van der Waals surface area contributed by atoms with Gasteiger partial charge < -0.3 is 4.74 Å². The van der Waals surface area contributed by atoms with E-state index >= 15 is 0 Å². The number of hydrogen-bond acceptors (Lipinski definition) is 5. The molecule has 1 aliphatic heterocycles. The third-order valence-corrected chi connectivity index (χ3v) is 4.35. The first-order valence-corrected chi connectivity index (χ1v) is 7.36. The molecule has 0 unspecified atom stereocenters. The Balaban J connectivity index is 1.74. The SMILES string of the molecule is COc1ncnc2c1CCN(Cc1cccs1)CC2. The summed E-state index contributed by atoms with van der Waals surface area (Å²) < 4.78 is 5.34. The zero-order chi connectivity index (χ0) is 13.1. The Morgan fingerprint density at radius 1 is 1.32 bits per heavy atom. The van der Waals surface area contributed by atoms with Crippen molar-refractivity contribution in [1.29, 1.82) is 0 Å². The quantitative estimate of drug-likeness (QED) is 0.860. The third-order valence-electron chi connectivity index (χ3n) is 3.49. The van der Waals surface area contributed by atoms with Crippen LogP contribution in [-0.2, 0) is 19.4 Å². The molecule has 0 spiro atoms. The summed E-state index contributed by atoms with van der Waals surface area (Å²) in [7, 11) is 1.68. The zero-order valence-electron chi connectivity index (χ0n) is 11.0. The molecular formula is C14H17N3OS. The summed E-state index contributed by atoms with van der Waals surface area (Å²) >= 11 is 1.82. The highest BCUT2D eigenvalue weighted by Gasteiger charge is 2.19. The van der Waals surface area contributed by atoms with Gasteiger partial charge in [0.15, 0.2) is 0 Å². The molecule has 2 aromatic rings. The fourth-order valence-corrected chi connectivity index (χ4v) is 3.25. The Hall–Kier alpha value is -1.46. The zero-order valence-corrected chi connectivity index (χ0v) is 11.8. The van der Waals surface area contributed by atoms with Crippen LogP contribution in [0.3, 0.4) is 0 Å². The minimum atomic E-state index is 0.739. The molecule has 0 saturated heterocycles. The van der Waals surface area contributed by atoms with E-state index < -0.39 is 0 Å². The van der Waals surface area contributed by atoms with E-state index in [0.717, 1.165) is 44.0 Å². The van der Waals surface area contributed by atoms with Crippen LogP contribution in [0.25, 0.3) is 0 Å². The van der Waals surface area contributed by atoms with Crippen LogP contribution in [0.15, 0.2) is 23.8 Å². The van der Waals surface area contributed by atoms with Crippen LogP contribution in [0, 0.1) is 0 Å². The van der Waals surface area contributed by atoms with Crippen molar-refractivity contribution in [2.75, 3.05) is 20.2 Å². The summed E-state index contributed by atoms with van der Waals surface area (Å²) in [5.41, 5.74) is 2.32. The second-order valence-electron chi connectivity index (χ2n) is 4.66. The van der Waals surface area contributed by atoms with Crippen molar-refractivity contribution >= 4 is 11.3 Å². The van der Waals surface area contributed by atoms with Crippen molar-refractivity contribution in [3.63, 3.8) is 0 Å². The second kappa shape index (κ2) is 5.67. The largest absolute Gasteiger partial charge is 0.481 e. The number of fused-ring (bicyclic) bond motifs is 1. The lowest BCUT2D eigenvalue weighted by molar-refractivity contribution is 0.280. The number of nitrogens with zero attached hydrogens (tertiary/aromatic N) is 3. The van der Waals surface area contributed by atoms with E-state index in [0.29, 0.717) is 0 Å². The van der Waals surface area contributed by atoms with Crippen molar-refractivity contribution in [2.24, 2.45) is 0 Å². The number of rotatable bonds is 3. The summed E-state index contributed by atoms with van der Waals surface area (Å²) in [4.78, 5) is 12.5. The Labute approximate surface area is 117 Å². The van der Waals surface area contributed by atoms with Crippen LogP contribution in [0.2, 0.25) is 0 Å². The van der Waals surface area contributed by atoms with Crippen LogP contribution in [-0.4, -0.2) is 35.1 Å². The van der Waals surface area contributed by atoms with E-state index in [2.05, 4.69) is 32.4 Å². The van der Waals surface area contributed by atoms with Crippen molar-refractivity contribution < 1.29 is 4.74 Å². The fraction of sp³-hybridized carbons (Fsp3) is 0.429. The minimum absolute atomic E-state index is 0.739. The third kappa shape index (κ3) is 2.77. The van der Waals surface area contributed by atoms with Crippen LogP contribution in [0.1, 0.15) is 16.1 Å². The Morgan fingerprint density at radius 3 is 3.00 bits per heavy atom. The van der Waals surface area contributed by atoms with E-state index in [4.69, 9.17) is 4.74 Å². The van der Waals surface area contributed by atoms with Crippen molar-refractivity contribution in [2.45, 2.75) is 19.4 Å². The molecule has 3 heterocycles. The molecule has 0 radical (unpaired) electrons. The van der Waals surface area contributed by atoms with Gasteiger partial charge in [0.1, 0.15) is 6.33 Å². The second-order valence-corrected chi connectivity index (χ2v) is 5.70. The topological polar surface area (TPSA) is 38.3 Å². The molecule has 4 nitrogen and oxygen atoms in total. The predicted molar refractivity (Wildman–Crippen MR) is 75.6 cm³/mol. The first-order valence-electron chi connectivity index (χ1n) is 6.48. The average molecular weight is 275 g/mol. The number of aromatic nitrogens is 2. The maximum absolute atomic E-state index is 5.34. The van der Waals surface area contributed by atoms with Gasteiger partial charge in [-0.25, -0.2) is 9.97 Å². The van der Waals surface area contributed by atoms with Crippen LogP contribution in [0.5, 0.6) is 5.88 Å². The fourth-order valence-electron chi connectivity index (χ4n) is 2.50. The smallest absolute Gasteiger partial charge is 0.219 e. The molecule has 0 bridgehead atoms. The Bertz CT molecular complexity index is 542. The van der Waals surface area contributed by atoms with E-state index in [9.17, 15) is 0 Å². The average Bonchev–Trinajstić information content (AvgIpc) is 2.86. The highest BCUT2D eigenvalue weighted by molar-refractivity contribution is 7.09. The molecule has 1 aliphatic rings. The first kappa shape index (κ1) is 12.6. The first-order chi connectivity index (χ1) is 9.36. The molecule has 2 aromatic heterocycles. The molecule has 100 valence electrons. The number of hydrogen-bond donors (Lipinski definition) is 0. The number of methoxy groups -OCH3 is 1. The lowest BCUT2D eigenvalue weighted by Crippen LogP contribution is -2.25. The predicted octanol–water partition coefficient (Wildman–Crippen LogP) is 2.15. The highest BCUT2D eigenvalue weighted by atomic mass is 32.1. The Kier molecular flexibility index (Phi) is 3.75. The summed E-state index contributed by atoms with van der Waals surface area (Å²) in [6, 6.07) is 4.31. The van der Waals surface area contributed by atoms with Gasteiger partial charge in [-0.1, -0.05) is 6.07 Å². The van der Waals surface area contributed by atoms with Gasteiger partial charge in [0, 0.05) is 36.5 Å². The molecule has 0 aliphatic carbocycles. The van der Waals surface area contributed by atoms with Gasteiger partial charge in [0.05, 0.1) is 12.8 Å². The van der Waals surface area contributed by atoms with E-state index in [1.807, 2.05) is 11.3 Å². The van der Waals surface area contributed by atoms with Crippen molar-refractivity contribution in [3.05, 3.63) is 40.0 Å². The molecular weight excluding hydrogens is 258 g/mol. The molecule has 0 fully saturated rings. The summed E-state index contributed by atoms with van der Waals surface area (Å²) in [5, 5.41) is 2.14. The standard InChI is InChI=1S/C14H17N3OS/c1-18-14-12-4-6-17(9-11-3-2-8-19-11)7-5-13(12)15-10-16-14/h2-3,8,10H,4-7,9H2,1H3. The van der Waals surface area contributed by atoms with E-state index in [1.54, 1.807) is 13.4 Å². The lowest BCUT2D eigenvalue weighted by atomic mass is 10.1. The van der Waals surface area contributed by atoms with Crippen LogP contribution < -0.4 is 4.74 Å².